The molecule has 1 aromatic heterocycles. The van der Waals surface area contributed by atoms with Gasteiger partial charge in [-0.05, 0) is 18.2 Å². The van der Waals surface area contributed by atoms with E-state index in [1.54, 1.807) is 6.07 Å². The summed E-state index contributed by atoms with van der Waals surface area (Å²) < 4.78 is 43.2. The average Bonchev–Trinajstić information content (AvgIpc) is 2.40. The third-order valence-corrected chi connectivity index (χ3v) is 3.55. The number of methoxy groups -OCH3 is 1. The zero-order valence-electron chi connectivity index (χ0n) is 10.4. The van der Waals surface area contributed by atoms with Crippen LogP contribution in [0, 0.1) is 0 Å². The van der Waals surface area contributed by atoms with E-state index in [0.29, 0.717) is 16.3 Å². The zero-order valence-corrected chi connectivity index (χ0v) is 12.7. The SMILES string of the molecule is COc1cc(-c2nc(Cl)c(C(F)(F)F)cc2Cl)ccc1Cl. The molecule has 0 saturated carbocycles. The Hall–Kier alpha value is -1.17. The highest BCUT2D eigenvalue weighted by Crippen LogP contribution is 2.39. The summed E-state index contributed by atoms with van der Waals surface area (Å²) in [5.41, 5.74) is -0.527. The first-order valence-electron chi connectivity index (χ1n) is 5.51. The Labute approximate surface area is 133 Å². The van der Waals surface area contributed by atoms with E-state index in [-0.39, 0.29) is 10.7 Å². The molecule has 0 aliphatic rings. The number of alkyl halides is 3. The number of hydrogen-bond donors (Lipinski definition) is 0. The Bertz CT molecular complexity index is 689. The van der Waals surface area contributed by atoms with Crippen molar-refractivity contribution in [3.63, 3.8) is 0 Å². The summed E-state index contributed by atoms with van der Waals surface area (Å²) in [5, 5.41) is -0.484. The monoisotopic (exact) mass is 355 g/mol. The lowest BCUT2D eigenvalue weighted by Crippen LogP contribution is -2.07. The van der Waals surface area contributed by atoms with Crippen molar-refractivity contribution in [1.29, 1.82) is 0 Å². The van der Waals surface area contributed by atoms with Crippen molar-refractivity contribution in [3.05, 3.63) is 45.0 Å². The number of nitrogens with zero attached hydrogens (tertiary/aromatic N) is 1. The molecule has 1 heterocycles. The molecule has 0 fully saturated rings. The predicted octanol–water partition coefficient (Wildman–Crippen LogP) is 5.74. The van der Waals surface area contributed by atoms with Crippen LogP contribution in [0.5, 0.6) is 5.75 Å². The fourth-order valence-electron chi connectivity index (χ4n) is 1.67. The largest absolute Gasteiger partial charge is 0.495 e. The molecular formula is C13H7Cl3F3NO. The summed E-state index contributed by atoms with van der Waals surface area (Å²) in [6.07, 6.45) is -4.62. The third-order valence-electron chi connectivity index (χ3n) is 2.66. The van der Waals surface area contributed by atoms with Gasteiger partial charge >= 0.3 is 6.18 Å². The predicted molar refractivity (Wildman–Crippen MR) is 76.3 cm³/mol. The number of aromatic nitrogens is 1. The Balaban J connectivity index is 2.58. The van der Waals surface area contributed by atoms with Gasteiger partial charge in [-0.1, -0.05) is 40.9 Å². The second kappa shape index (κ2) is 5.91. The van der Waals surface area contributed by atoms with Crippen LogP contribution in [-0.4, -0.2) is 12.1 Å². The number of ether oxygens (including phenoxy) is 1. The Kier molecular flexibility index (Phi) is 4.56. The minimum atomic E-state index is -4.62. The van der Waals surface area contributed by atoms with Gasteiger partial charge in [0.05, 0.1) is 28.4 Å². The number of rotatable bonds is 2. The van der Waals surface area contributed by atoms with Gasteiger partial charge in [-0.2, -0.15) is 13.2 Å². The summed E-state index contributed by atoms with van der Waals surface area (Å²) in [4.78, 5) is 3.73. The normalized spacial score (nSPS) is 11.6. The van der Waals surface area contributed by atoms with E-state index < -0.39 is 16.9 Å². The molecular weight excluding hydrogens is 350 g/mol. The molecule has 0 bridgehead atoms. The van der Waals surface area contributed by atoms with Crippen LogP contribution in [0.1, 0.15) is 5.56 Å². The van der Waals surface area contributed by atoms with Crippen molar-refractivity contribution >= 4 is 34.8 Å². The van der Waals surface area contributed by atoms with Gasteiger partial charge in [-0.3, -0.25) is 0 Å². The number of hydrogen-bond acceptors (Lipinski definition) is 2. The lowest BCUT2D eigenvalue weighted by molar-refractivity contribution is -0.137. The molecule has 1 aromatic carbocycles. The third kappa shape index (κ3) is 3.36. The number of halogens is 6. The van der Waals surface area contributed by atoms with Crippen LogP contribution in [0.15, 0.2) is 24.3 Å². The maximum atomic E-state index is 12.7. The topological polar surface area (TPSA) is 22.1 Å². The van der Waals surface area contributed by atoms with Crippen LogP contribution in [0.4, 0.5) is 13.2 Å². The van der Waals surface area contributed by atoms with Crippen molar-refractivity contribution in [3.8, 4) is 17.0 Å². The van der Waals surface area contributed by atoms with E-state index in [0.717, 1.165) is 6.07 Å². The fraction of sp³-hybridized carbons (Fsp3) is 0.154. The first-order chi connectivity index (χ1) is 9.74. The van der Waals surface area contributed by atoms with Crippen LogP contribution in [0.3, 0.4) is 0 Å². The maximum absolute atomic E-state index is 12.7. The first kappa shape index (κ1) is 16.2. The molecule has 8 heteroatoms. The second-order valence-electron chi connectivity index (χ2n) is 4.00. The second-order valence-corrected chi connectivity index (χ2v) is 5.18. The van der Waals surface area contributed by atoms with Gasteiger partial charge in [-0.15, -0.1) is 0 Å². The Morgan fingerprint density at radius 2 is 1.71 bits per heavy atom. The molecule has 2 aromatic rings. The van der Waals surface area contributed by atoms with Crippen molar-refractivity contribution in [2.75, 3.05) is 7.11 Å². The van der Waals surface area contributed by atoms with E-state index in [1.165, 1.54) is 19.2 Å². The Morgan fingerprint density at radius 1 is 1.05 bits per heavy atom. The molecule has 0 unspecified atom stereocenters. The van der Waals surface area contributed by atoms with Crippen LogP contribution >= 0.6 is 34.8 Å². The molecule has 0 aliphatic carbocycles. The van der Waals surface area contributed by atoms with Crippen molar-refractivity contribution in [2.24, 2.45) is 0 Å². The highest BCUT2D eigenvalue weighted by molar-refractivity contribution is 6.35. The molecule has 0 spiro atoms. The fourth-order valence-corrected chi connectivity index (χ4v) is 2.38. The average molecular weight is 357 g/mol. The Morgan fingerprint density at radius 3 is 2.29 bits per heavy atom. The zero-order chi connectivity index (χ0) is 15.8. The highest BCUT2D eigenvalue weighted by Gasteiger charge is 2.35. The van der Waals surface area contributed by atoms with E-state index in [1.807, 2.05) is 0 Å². The molecule has 0 N–H and O–H groups in total. The molecule has 0 saturated heterocycles. The van der Waals surface area contributed by atoms with Gasteiger partial charge in [0.15, 0.2) is 0 Å². The minimum Gasteiger partial charge on any atom is -0.495 e. The number of benzene rings is 1. The first-order valence-corrected chi connectivity index (χ1v) is 6.64. The van der Waals surface area contributed by atoms with Crippen molar-refractivity contribution in [2.45, 2.75) is 6.18 Å². The molecule has 21 heavy (non-hydrogen) atoms. The van der Waals surface area contributed by atoms with Gasteiger partial charge in [0.1, 0.15) is 10.9 Å². The summed E-state index contributed by atoms with van der Waals surface area (Å²) >= 11 is 17.4. The minimum absolute atomic E-state index is 0.115. The molecule has 0 aliphatic heterocycles. The van der Waals surface area contributed by atoms with Gasteiger partial charge in [0.2, 0.25) is 0 Å². The maximum Gasteiger partial charge on any atom is 0.419 e. The van der Waals surface area contributed by atoms with Gasteiger partial charge < -0.3 is 4.74 Å². The van der Waals surface area contributed by atoms with Gasteiger partial charge in [-0.25, -0.2) is 4.98 Å². The molecule has 0 atom stereocenters. The lowest BCUT2D eigenvalue weighted by Gasteiger charge is -2.12. The van der Waals surface area contributed by atoms with Crippen molar-refractivity contribution in [1.82, 2.24) is 4.98 Å². The van der Waals surface area contributed by atoms with Crippen molar-refractivity contribution < 1.29 is 17.9 Å². The standard InChI is InChI=1S/C13H7Cl3F3NO/c1-21-10-4-6(2-3-8(10)14)11-9(15)5-7(12(16)20-11)13(17,18)19/h2-5H,1H3. The van der Waals surface area contributed by atoms with Crippen LogP contribution in [0.2, 0.25) is 15.2 Å². The molecule has 112 valence electrons. The molecule has 2 nitrogen and oxygen atoms in total. The van der Waals surface area contributed by atoms with Crippen LogP contribution in [-0.2, 0) is 6.18 Å². The van der Waals surface area contributed by atoms with Gasteiger partial charge in [0, 0.05) is 5.56 Å². The summed E-state index contributed by atoms with van der Waals surface area (Å²) in [7, 11) is 1.42. The van der Waals surface area contributed by atoms with E-state index in [4.69, 9.17) is 39.5 Å². The van der Waals surface area contributed by atoms with E-state index in [2.05, 4.69) is 4.98 Å². The van der Waals surface area contributed by atoms with Crippen LogP contribution in [0.25, 0.3) is 11.3 Å². The smallest absolute Gasteiger partial charge is 0.419 e. The molecule has 2 rings (SSSR count). The molecule has 0 amide bonds. The number of pyridine rings is 1. The summed E-state index contributed by atoms with van der Waals surface area (Å²) in [6.45, 7) is 0. The quantitative estimate of drug-likeness (QED) is 0.640. The van der Waals surface area contributed by atoms with Gasteiger partial charge in [0.25, 0.3) is 0 Å². The van der Waals surface area contributed by atoms with E-state index >= 15 is 0 Å². The lowest BCUT2D eigenvalue weighted by atomic mass is 10.1. The summed E-state index contributed by atoms with van der Waals surface area (Å²) in [6, 6.07) is 5.34. The molecule has 0 radical (unpaired) electrons. The van der Waals surface area contributed by atoms with Crippen LogP contribution < -0.4 is 4.74 Å². The summed E-state index contributed by atoms with van der Waals surface area (Å²) in [5.74, 6) is 0.350. The highest BCUT2D eigenvalue weighted by atomic mass is 35.5. The van der Waals surface area contributed by atoms with E-state index in [9.17, 15) is 13.2 Å².